The van der Waals surface area contributed by atoms with Crippen molar-refractivity contribution in [2.24, 2.45) is 0 Å². The van der Waals surface area contributed by atoms with E-state index in [1.54, 1.807) is 0 Å². The number of halogens is 3. The summed E-state index contributed by atoms with van der Waals surface area (Å²) in [7, 11) is 0. The zero-order valence-electron chi connectivity index (χ0n) is 10.3. The maximum Gasteiger partial charge on any atom is 0.416 e. The molecule has 0 unspecified atom stereocenters. The van der Waals surface area contributed by atoms with Crippen LogP contribution < -0.4 is 0 Å². The summed E-state index contributed by atoms with van der Waals surface area (Å²) in [5.74, 6) is 0. The minimum absolute atomic E-state index is 0.317. The van der Waals surface area contributed by atoms with Crippen molar-refractivity contribution >= 4 is 0 Å². The molecule has 1 aromatic rings. The van der Waals surface area contributed by atoms with Crippen molar-refractivity contribution in [3.63, 3.8) is 0 Å². The summed E-state index contributed by atoms with van der Waals surface area (Å²) in [5.41, 5.74) is -1.91. The fourth-order valence-electron chi connectivity index (χ4n) is 0.638. The maximum atomic E-state index is 12.5. The van der Waals surface area contributed by atoms with Crippen molar-refractivity contribution in [2.45, 2.75) is 12.7 Å². The molecule has 1 rings (SSSR count). The van der Waals surface area contributed by atoms with Gasteiger partial charge < -0.3 is 4.85 Å². The highest BCUT2D eigenvalue weighted by molar-refractivity contribution is 5.25. The van der Waals surface area contributed by atoms with Gasteiger partial charge in [-0.3, -0.25) is 0 Å². The second kappa shape index (κ2) is 3.48. The summed E-state index contributed by atoms with van der Waals surface area (Å²) in [5, 5.41) is 0. The maximum absolute atomic E-state index is 12.5. The lowest BCUT2D eigenvalue weighted by atomic mass is 10.1. The number of benzene rings is 1. The highest BCUT2D eigenvalue weighted by atomic mass is 19.4. The third kappa shape index (κ3) is 2.48. The molecule has 0 saturated carbocycles. The van der Waals surface area contributed by atoms with Gasteiger partial charge in [0.05, 0.1) is 11.0 Å². The van der Waals surface area contributed by atoms with Gasteiger partial charge in [-0.15, -0.1) is 0 Å². The Morgan fingerprint density at radius 2 is 1.85 bits per heavy atom. The third-order valence-corrected chi connectivity index (χ3v) is 1.20. The van der Waals surface area contributed by atoms with Crippen LogP contribution in [0.25, 0.3) is 4.85 Å². The first-order valence-corrected chi connectivity index (χ1v) is 3.21. The van der Waals surface area contributed by atoms with Crippen molar-refractivity contribution in [2.75, 3.05) is 0 Å². The molecule has 0 aromatic heterocycles. The summed E-state index contributed by atoms with van der Waals surface area (Å²) < 4.78 is 66.6. The van der Waals surface area contributed by atoms with Crippen LogP contribution in [0.1, 0.15) is 16.6 Å². The number of rotatable bonds is 1. The molecule has 0 aliphatic heterocycles. The molecular weight excluding hydrogens is 179 g/mol. The normalized spacial score (nSPS) is 15.2. The molecule has 0 bridgehead atoms. The predicted molar refractivity (Wildman–Crippen MR) is 41.8 cm³/mol. The van der Waals surface area contributed by atoms with Crippen molar-refractivity contribution in [1.29, 1.82) is 0 Å². The summed E-state index contributed by atoms with van der Waals surface area (Å²) in [6.45, 7) is 6.09. The van der Waals surface area contributed by atoms with Gasteiger partial charge in [-0.2, -0.15) is 13.2 Å². The zero-order valence-corrected chi connectivity index (χ0v) is 6.29. The Kier molecular flexibility index (Phi) is 1.41. The van der Waals surface area contributed by atoms with Crippen molar-refractivity contribution < 1.29 is 18.7 Å². The minimum Gasteiger partial charge on any atom is -0.312 e. The first kappa shape index (κ1) is 5.28. The molecular formula is C9H6F3N. The molecule has 0 fully saturated rings. The number of hydrogen-bond donors (Lipinski definition) is 0. The lowest BCUT2D eigenvalue weighted by Crippen LogP contribution is -2.04. The van der Waals surface area contributed by atoms with Gasteiger partial charge in [0, 0.05) is 5.56 Å². The molecule has 0 saturated heterocycles. The Morgan fingerprint density at radius 1 is 1.31 bits per heavy atom. The van der Waals surface area contributed by atoms with Gasteiger partial charge in [-0.25, -0.2) is 6.57 Å². The molecule has 0 spiro atoms. The van der Waals surface area contributed by atoms with E-state index in [9.17, 15) is 13.2 Å². The largest absolute Gasteiger partial charge is 0.416 e. The first-order valence-electron chi connectivity index (χ1n) is 5.21. The lowest BCUT2D eigenvalue weighted by molar-refractivity contribution is -0.137. The standard InChI is InChI=1S/C9H6F3N/c1-13-6-7-2-4-8(5-3-7)9(10,11)12/h2-5H,6H2/i2D,3D,4D,5D. The molecule has 13 heavy (non-hydrogen) atoms. The van der Waals surface area contributed by atoms with Gasteiger partial charge in [-0.1, -0.05) is 12.1 Å². The van der Waals surface area contributed by atoms with Crippen LogP contribution >= 0.6 is 0 Å². The number of hydrogen-bond acceptors (Lipinski definition) is 0. The van der Waals surface area contributed by atoms with Crippen LogP contribution in [-0.2, 0) is 12.7 Å². The van der Waals surface area contributed by atoms with Crippen LogP contribution in [0.4, 0.5) is 13.2 Å². The Morgan fingerprint density at radius 3 is 2.23 bits per heavy atom. The second-order valence-corrected chi connectivity index (χ2v) is 2.17. The molecule has 0 N–H and O–H groups in total. The van der Waals surface area contributed by atoms with Gasteiger partial charge in [0.1, 0.15) is 0 Å². The summed E-state index contributed by atoms with van der Waals surface area (Å²) in [6, 6.07) is -3.93. The highest BCUT2D eigenvalue weighted by Gasteiger charge is 2.29. The van der Waals surface area contributed by atoms with E-state index in [0.29, 0.717) is 0 Å². The molecule has 0 aliphatic rings. The fraction of sp³-hybridized carbons (Fsp3) is 0.222. The van der Waals surface area contributed by atoms with Crippen LogP contribution in [0.2, 0.25) is 0 Å². The van der Waals surface area contributed by atoms with Crippen molar-refractivity contribution in [1.82, 2.24) is 0 Å². The van der Waals surface area contributed by atoms with E-state index >= 15 is 0 Å². The van der Waals surface area contributed by atoms with Crippen LogP contribution in [-0.4, -0.2) is 0 Å². The highest BCUT2D eigenvalue weighted by Crippen LogP contribution is 2.29. The van der Waals surface area contributed by atoms with E-state index in [-0.39, 0.29) is 5.56 Å². The van der Waals surface area contributed by atoms with Gasteiger partial charge in [0.25, 0.3) is 0 Å². The van der Waals surface area contributed by atoms with E-state index in [0.717, 1.165) is 0 Å². The third-order valence-electron chi connectivity index (χ3n) is 1.20. The second-order valence-electron chi connectivity index (χ2n) is 2.17. The van der Waals surface area contributed by atoms with Crippen LogP contribution in [0, 0.1) is 6.57 Å². The Bertz CT molecular complexity index is 475. The smallest absolute Gasteiger partial charge is 0.312 e. The molecule has 68 valence electrons. The number of alkyl halides is 3. The average Bonchev–Trinajstić information content (AvgIpc) is 2.20. The van der Waals surface area contributed by atoms with E-state index in [2.05, 4.69) is 4.85 Å². The van der Waals surface area contributed by atoms with E-state index in [1.807, 2.05) is 0 Å². The minimum atomic E-state index is -4.95. The summed E-state index contributed by atoms with van der Waals surface area (Å²) >= 11 is 0. The predicted octanol–water partition coefficient (Wildman–Crippen LogP) is 3.12. The lowest BCUT2D eigenvalue weighted by Gasteiger charge is -2.05. The monoisotopic (exact) mass is 189 g/mol. The van der Waals surface area contributed by atoms with Crippen LogP contribution in [0.5, 0.6) is 0 Å². The molecule has 1 nitrogen and oxygen atoms in total. The Balaban J connectivity index is 3.66. The quantitative estimate of drug-likeness (QED) is 0.598. The molecule has 1 aromatic carbocycles. The Hall–Kier alpha value is -1.50. The van der Waals surface area contributed by atoms with Gasteiger partial charge in [0.15, 0.2) is 0 Å². The zero-order chi connectivity index (χ0) is 13.4. The topological polar surface area (TPSA) is 4.36 Å². The SMILES string of the molecule is [2H]c1c([2H])c(C(F)(F)F)c([2H])c([2H])c1C[N+]#[C-]. The molecule has 0 radical (unpaired) electrons. The van der Waals surface area contributed by atoms with Crippen molar-refractivity contribution in [3.05, 3.63) is 46.7 Å². The van der Waals surface area contributed by atoms with Gasteiger partial charge in [-0.05, 0) is 12.1 Å². The number of nitrogens with zero attached hydrogens (tertiary/aromatic N) is 1. The van der Waals surface area contributed by atoms with E-state index in [4.69, 9.17) is 12.1 Å². The molecule has 0 amide bonds. The molecule has 0 aliphatic carbocycles. The summed E-state index contributed by atoms with van der Waals surface area (Å²) in [6.07, 6.45) is -4.95. The fourth-order valence-corrected chi connectivity index (χ4v) is 0.638. The molecule has 4 heteroatoms. The average molecular weight is 189 g/mol. The summed E-state index contributed by atoms with van der Waals surface area (Å²) in [4.78, 5) is 2.86. The van der Waals surface area contributed by atoms with Gasteiger partial charge >= 0.3 is 6.18 Å². The van der Waals surface area contributed by atoms with Crippen LogP contribution in [0.3, 0.4) is 0 Å². The van der Waals surface area contributed by atoms with Gasteiger partial charge in [0.2, 0.25) is 6.54 Å². The van der Waals surface area contributed by atoms with E-state index < -0.39 is 42.5 Å². The molecule has 0 heterocycles. The molecule has 0 atom stereocenters. The first-order chi connectivity index (χ1) is 7.71. The van der Waals surface area contributed by atoms with Crippen molar-refractivity contribution in [3.8, 4) is 0 Å². The Labute approximate surface area is 79.2 Å². The van der Waals surface area contributed by atoms with E-state index in [1.165, 1.54) is 0 Å². The van der Waals surface area contributed by atoms with Crippen LogP contribution in [0.15, 0.2) is 24.2 Å².